The van der Waals surface area contributed by atoms with Crippen molar-refractivity contribution in [3.63, 3.8) is 0 Å². The highest BCUT2D eigenvalue weighted by molar-refractivity contribution is 6.10. The number of halogens is 2. The number of nitrogens with one attached hydrogen (secondary N) is 2. The number of ether oxygens (including phenoxy) is 3. The van der Waals surface area contributed by atoms with Crippen LogP contribution < -0.4 is 30.0 Å². The number of carbonyl (C=O) groups excluding carboxylic acids is 1. The molecule has 1 fully saturated rings. The molecule has 0 unspecified atom stereocenters. The minimum atomic E-state index is -0.770. The van der Waals surface area contributed by atoms with Gasteiger partial charge in [0, 0.05) is 35.6 Å². The number of fused-ring (bicyclic) bond motifs is 1. The zero-order chi connectivity index (χ0) is 31.3. The van der Waals surface area contributed by atoms with Crippen molar-refractivity contribution in [3.8, 4) is 23.0 Å². The predicted octanol–water partition coefficient (Wildman–Crippen LogP) is 6.36. The van der Waals surface area contributed by atoms with Gasteiger partial charge in [-0.15, -0.1) is 0 Å². The van der Waals surface area contributed by atoms with Gasteiger partial charge in [-0.05, 0) is 92.5 Å². The fourth-order valence-corrected chi connectivity index (χ4v) is 5.26. The highest BCUT2D eigenvalue weighted by Gasteiger charge is 2.24. The monoisotopic (exact) mass is 612 g/mol. The molecule has 0 aliphatic carbocycles. The summed E-state index contributed by atoms with van der Waals surface area (Å²) in [6, 6.07) is 17.1. The Balaban J connectivity index is 1.30. The maximum atomic E-state index is 15.7. The molecule has 1 aliphatic rings. The third-order valence-electron chi connectivity index (χ3n) is 7.65. The summed E-state index contributed by atoms with van der Waals surface area (Å²) in [6.45, 7) is 2.50. The first-order valence-corrected chi connectivity index (χ1v) is 14.5. The van der Waals surface area contributed by atoms with Gasteiger partial charge in [0.25, 0.3) is 11.5 Å². The lowest BCUT2D eigenvalue weighted by Gasteiger charge is -2.23. The number of rotatable bonds is 9. The first-order valence-electron chi connectivity index (χ1n) is 14.5. The number of aromatic nitrogens is 2. The maximum absolute atomic E-state index is 15.7. The number of piperidine rings is 1. The molecule has 9 nitrogen and oxygen atoms in total. The minimum absolute atomic E-state index is 0.108. The highest BCUT2D eigenvalue weighted by atomic mass is 19.1. The number of anilines is 2. The Kier molecular flexibility index (Phi) is 8.70. The molecule has 45 heavy (non-hydrogen) atoms. The second kappa shape index (κ2) is 13.1. The molecule has 1 aliphatic heterocycles. The lowest BCUT2D eigenvalue weighted by Crippen LogP contribution is -2.31. The molecule has 2 aromatic heterocycles. The number of methoxy groups -OCH3 is 1. The molecule has 5 aromatic rings. The van der Waals surface area contributed by atoms with Crippen molar-refractivity contribution in [1.29, 1.82) is 0 Å². The molecule has 3 aromatic carbocycles. The van der Waals surface area contributed by atoms with E-state index in [4.69, 9.17) is 14.2 Å². The summed E-state index contributed by atoms with van der Waals surface area (Å²) < 4.78 is 47.1. The molecule has 3 heterocycles. The van der Waals surface area contributed by atoms with Crippen molar-refractivity contribution in [2.45, 2.75) is 12.8 Å². The largest absolute Gasteiger partial charge is 0.493 e. The summed E-state index contributed by atoms with van der Waals surface area (Å²) >= 11 is 0. The lowest BCUT2D eigenvalue weighted by atomic mass is 9.99. The van der Waals surface area contributed by atoms with Crippen LogP contribution in [0.5, 0.6) is 23.0 Å². The van der Waals surface area contributed by atoms with E-state index in [2.05, 4.69) is 15.3 Å². The molecule has 230 valence electrons. The molecule has 0 atom stereocenters. The summed E-state index contributed by atoms with van der Waals surface area (Å²) in [5.41, 5.74) is 0.139. The Labute approximate surface area is 257 Å². The summed E-state index contributed by atoms with van der Waals surface area (Å²) in [5.74, 6) is -0.281. The average molecular weight is 613 g/mol. The van der Waals surface area contributed by atoms with Crippen LogP contribution in [0.3, 0.4) is 0 Å². The van der Waals surface area contributed by atoms with Crippen LogP contribution in [0.25, 0.3) is 10.9 Å². The van der Waals surface area contributed by atoms with Crippen molar-refractivity contribution in [3.05, 3.63) is 113 Å². The Morgan fingerprint density at radius 2 is 1.71 bits per heavy atom. The first kappa shape index (κ1) is 29.8. The predicted molar refractivity (Wildman–Crippen MR) is 166 cm³/mol. The molecule has 11 heteroatoms. The van der Waals surface area contributed by atoms with Gasteiger partial charge in [0.15, 0.2) is 23.1 Å². The van der Waals surface area contributed by atoms with E-state index in [9.17, 15) is 14.0 Å². The minimum Gasteiger partial charge on any atom is -0.493 e. The molecule has 0 saturated carbocycles. The van der Waals surface area contributed by atoms with Crippen molar-refractivity contribution < 1.29 is 27.8 Å². The Morgan fingerprint density at radius 1 is 0.933 bits per heavy atom. The topological polar surface area (TPSA) is 106 Å². The first-order chi connectivity index (χ1) is 21.9. The summed E-state index contributed by atoms with van der Waals surface area (Å²) in [4.78, 5) is 34.0. The molecule has 0 radical (unpaired) electrons. The Morgan fingerprint density at radius 3 is 2.44 bits per heavy atom. The molecular weight excluding hydrogens is 582 g/mol. The third-order valence-corrected chi connectivity index (χ3v) is 7.65. The second-order valence-corrected chi connectivity index (χ2v) is 10.6. The van der Waals surface area contributed by atoms with Gasteiger partial charge in [-0.1, -0.05) is 0 Å². The van der Waals surface area contributed by atoms with E-state index in [1.807, 2.05) is 0 Å². The van der Waals surface area contributed by atoms with E-state index >= 15 is 4.39 Å². The number of aromatic amines is 1. The van der Waals surface area contributed by atoms with Crippen LogP contribution >= 0.6 is 0 Å². The van der Waals surface area contributed by atoms with Gasteiger partial charge in [0.2, 0.25) is 0 Å². The zero-order valence-electron chi connectivity index (χ0n) is 24.4. The lowest BCUT2D eigenvalue weighted by molar-refractivity contribution is 0.0997. The standard InChI is InChI=1S/C34H30F2N4O5/c1-43-31-18-26-28(19-32(31)44-20-21-10-14-37-15-11-21)38-16-12-29(26)45-30-9-8-24(17-27(30)36)40(23-6-4-22(35)5-7-23)34(42)25-3-2-13-39-33(25)41/h2-9,12-13,16-19,21,37H,10-11,14-15,20H2,1H3,(H,39,41). The van der Waals surface area contributed by atoms with Gasteiger partial charge in [-0.2, -0.15) is 0 Å². The molecule has 0 spiro atoms. The van der Waals surface area contributed by atoms with E-state index in [1.165, 1.54) is 54.7 Å². The molecular formula is C34H30F2N4O5. The molecule has 2 N–H and O–H groups in total. The number of H-pyrrole nitrogens is 1. The number of carbonyl (C=O) groups is 1. The number of hydrogen-bond acceptors (Lipinski definition) is 7. The Bertz CT molecular complexity index is 1890. The van der Waals surface area contributed by atoms with E-state index in [0.29, 0.717) is 40.7 Å². The summed E-state index contributed by atoms with van der Waals surface area (Å²) in [7, 11) is 1.55. The number of amides is 1. The number of hydrogen-bond donors (Lipinski definition) is 2. The second-order valence-electron chi connectivity index (χ2n) is 10.6. The number of benzene rings is 3. The zero-order valence-corrected chi connectivity index (χ0v) is 24.4. The Hall–Kier alpha value is -5.29. The molecule has 1 saturated heterocycles. The molecule has 6 rings (SSSR count). The van der Waals surface area contributed by atoms with Gasteiger partial charge < -0.3 is 24.5 Å². The third kappa shape index (κ3) is 6.48. The average Bonchev–Trinajstić information content (AvgIpc) is 3.06. The summed E-state index contributed by atoms with van der Waals surface area (Å²) in [6.07, 6.45) is 5.03. The van der Waals surface area contributed by atoms with Crippen LogP contribution in [0.2, 0.25) is 0 Å². The highest BCUT2D eigenvalue weighted by Crippen LogP contribution is 2.39. The van der Waals surface area contributed by atoms with Gasteiger partial charge in [0.1, 0.15) is 17.1 Å². The number of nitrogens with zero attached hydrogens (tertiary/aromatic N) is 2. The van der Waals surface area contributed by atoms with Crippen molar-refractivity contribution in [2.24, 2.45) is 5.92 Å². The quantitative estimate of drug-likeness (QED) is 0.200. The molecule has 1 amide bonds. The smallest absolute Gasteiger partial charge is 0.268 e. The SMILES string of the molecule is COc1cc2c(Oc3ccc(N(C(=O)c4ccc[nH]c4=O)c4ccc(F)cc4)cc3F)ccnc2cc1OCC1CCNCC1. The van der Waals surface area contributed by atoms with Crippen molar-refractivity contribution in [2.75, 3.05) is 31.7 Å². The molecule has 0 bridgehead atoms. The van der Waals surface area contributed by atoms with Crippen LogP contribution in [0.15, 0.2) is 90.0 Å². The fourth-order valence-electron chi connectivity index (χ4n) is 5.26. The van der Waals surface area contributed by atoms with Crippen molar-refractivity contribution in [1.82, 2.24) is 15.3 Å². The maximum Gasteiger partial charge on any atom is 0.268 e. The van der Waals surface area contributed by atoms with Crippen LogP contribution in [-0.2, 0) is 0 Å². The van der Waals surface area contributed by atoms with E-state index in [1.54, 1.807) is 31.5 Å². The van der Waals surface area contributed by atoms with Crippen LogP contribution in [0.1, 0.15) is 23.2 Å². The van der Waals surface area contributed by atoms with Gasteiger partial charge in [-0.3, -0.25) is 19.5 Å². The van der Waals surface area contributed by atoms with Gasteiger partial charge in [-0.25, -0.2) is 8.78 Å². The van der Waals surface area contributed by atoms with Gasteiger partial charge in [0.05, 0.1) is 24.9 Å². The number of pyridine rings is 2. The van der Waals surface area contributed by atoms with E-state index in [-0.39, 0.29) is 22.7 Å². The van der Waals surface area contributed by atoms with Crippen LogP contribution in [0.4, 0.5) is 20.2 Å². The van der Waals surface area contributed by atoms with Gasteiger partial charge >= 0.3 is 0 Å². The van der Waals surface area contributed by atoms with E-state index < -0.39 is 23.1 Å². The van der Waals surface area contributed by atoms with Crippen LogP contribution in [-0.4, -0.2) is 42.7 Å². The van der Waals surface area contributed by atoms with Crippen LogP contribution in [0, 0.1) is 17.6 Å². The summed E-state index contributed by atoms with van der Waals surface area (Å²) in [5, 5.41) is 3.93. The van der Waals surface area contributed by atoms with E-state index in [0.717, 1.165) is 36.9 Å². The normalized spacial score (nSPS) is 13.4. The van der Waals surface area contributed by atoms with Crippen molar-refractivity contribution >= 4 is 28.2 Å². The fraction of sp³-hybridized carbons (Fsp3) is 0.206.